The largest absolute Gasteiger partial charge is 0.399 e. The Morgan fingerprint density at radius 2 is 2.05 bits per heavy atom. The van der Waals surface area contributed by atoms with Gasteiger partial charge in [0.1, 0.15) is 0 Å². The molecular formula is C16H26N2O2S. The third kappa shape index (κ3) is 4.71. The zero-order valence-corrected chi connectivity index (χ0v) is 14.0. The van der Waals surface area contributed by atoms with Crippen molar-refractivity contribution in [1.82, 2.24) is 4.72 Å². The van der Waals surface area contributed by atoms with Crippen LogP contribution in [0.5, 0.6) is 0 Å². The number of hydrogen-bond donors (Lipinski definition) is 2. The van der Waals surface area contributed by atoms with Gasteiger partial charge in [0.2, 0.25) is 10.0 Å². The van der Waals surface area contributed by atoms with Crippen molar-refractivity contribution in [2.24, 2.45) is 5.41 Å². The van der Waals surface area contributed by atoms with E-state index in [1.807, 2.05) is 18.2 Å². The molecule has 0 fully saturated rings. The van der Waals surface area contributed by atoms with Crippen molar-refractivity contribution in [3.05, 3.63) is 29.3 Å². The summed E-state index contributed by atoms with van der Waals surface area (Å²) in [6.07, 6.45) is 3.47. The Kier molecular flexibility index (Phi) is 4.63. The summed E-state index contributed by atoms with van der Waals surface area (Å²) in [7, 11) is -3.25. The van der Waals surface area contributed by atoms with E-state index >= 15 is 0 Å². The van der Waals surface area contributed by atoms with Crippen molar-refractivity contribution in [1.29, 1.82) is 0 Å². The third-order valence-electron chi connectivity index (χ3n) is 3.92. The van der Waals surface area contributed by atoms with Crippen LogP contribution in [0.25, 0.3) is 0 Å². The summed E-state index contributed by atoms with van der Waals surface area (Å²) >= 11 is 0. The van der Waals surface area contributed by atoms with E-state index in [0.717, 1.165) is 30.5 Å². The second-order valence-electron chi connectivity index (χ2n) is 7.15. The molecule has 118 valence electrons. The highest BCUT2D eigenvalue weighted by Crippen LogP contribution is 2.31. The maximum absolute atomic E-state index is 12.3. The second-order valence-corrected chi connectivity index (χ2v) is 9.02. The predicted molar refractivity (Wildman–Crippen MR) is 87.5 cm³/mol. The van der Waals surface area contributed by atoms with Gasteiger partial charge in [0.05, 0.1) is 5.75 Å². The van der Waals surface area contributed by atoms with E-state index in [0.29, 0.717) is 6.42 Å². The Morgan fingerprint density at radius 3 is 2.71 bits per heavy atom. The lowest BCUT2D eigenvalue weighted by atomic mass is 9.88. The molecule has 5 heteroatoms. The van der Waals surface area contributed by atoms with E-state index in [1.165, 1.54) is 5.56 Å². The molecule has 1 aromatic rings. The summed E-state index contributed by atoms with van der Waals surface area (Å²) in [6.45, 7) is 6.17. The van der Waals surface area contributed by atoms with Crippen LogP contribution in [0.4, 0.5) is 5.69 Å². The molecule has 1 atom stereocenters. The van der Waals surface area contributed by atoms with Crippen molar-refractivity contribution < 1.29 is 8.42 Å². The maximum atomic E-state index is 12.3. The van der Waals surface area contributed by atoms with E-state index in [2.05, 4.69) is 25.5 Å². The average molecular weight is 310 g/mol. The van der Waals surface area contributed by atoms with Crippen LogP contribution in [-0.2, 0) is 16.4 Å². The lowest BCUT2D eigenvalue weighted by molar-refractivity contribution is 0.395. The second kappa shape index (κ2) is 5.97. The van der Waals surface area contributed by atoms with Gasteiger partial charge in [-0.05, 0) is 54.4 Å². The zero-order valence-electron chi connectivity index (χ0n) is 13.1. The fraction of sp³-hybridized carbons (Fsp3) is 0.625. The van der Waals surface area contributed by atoms with Crippen molar-refractivity contribution >= 4 is 15.7 Å². The average Bonchev–Trinajstić information content (AvgIpc) is 2.35. The van der Waals surface area contributed by atoms with Gasteiger partial charge in [-0.15, -0.1) is 0 Å². The first-order chi connectivity index (χ1) is 9.66. The molecule has 4 nitrogen and oxygen atoms in total. The van der Waals surface area contributed by atoms with Crippen LogP contribution in [0.2, 0.25) is 0 Å². The lowest BCUT2D eigenvalue weighted by Gasteiger charge is -2.27. The SMILES string of the molecule is CC(C)(C)CCS(=O)(=O)NC1CCCc2cc(N)ccc21. The molecule has 0 saturated heterocycles. The molecule has 0 amide bonds. The van der Waals surface area contributed by atoms with Gasteiger partial charge in [0.25, 0.3) is 0 Å². The van der Waals surface area contributed by atoms with Gasteiger partial charge in [-0.25, -0.2) is 13.1 Å². The van der Waals surface area contributed by atoms with Gasteiger partial charge in [-0.1, -0.05) is 26.8 Å². The quantitative estimate of drug-likeness (QED) is 0.840. The van der Waals surface area contributed by atoms with Gasteiger partial charge >= 0.3 is 0 Å². The van der Waals surface area contributed by atoms with Crippen LogP contribution in [-0.4, -0.2) is 14.2 Å². The number of anilines is 1. The molecule has 3 N–H and O–H groups in total. The molecule has 1 aliphatic rings. The number of nitrogens with one attached hydrogen (secondary N) is 1. The molecule has 0 heterocycles. The molecule has 21 heavy (non-hydrogen) atoms. The summed E-state index contributed by atoms with van der Waals surface area (Å²) in [6, 6.07) is 5.66. The normalized spacial score (nSPS) is 19.3. The van der Waals surface area contributed by atoms with Gasteiger partial charge in [0, 0.05) is 11.7 Å². The molecular weight excluding hydrogens is 284 g/mol. The Bertz CT molecular complexity index is 603. The lowest BCUT2D eigenvalue weighted by Crippen LogP contribution is -2.33. The monoisotopic (exact) mass is 310 g/mol. The number of sulfonamides is 1. The number of hydrogen-bond acceptors (Lipinski definition) is 3. The van der Waals surface area contributed by atoms with Crippen LogP contribution in [0.3, 0.4) is 0 Å². The number of benzene rings is 1. The number of nitrogens with two attached hydrogens (primary N) is 1. The minimum Gasteiger partial charge on any atom is -0.399 e. The summed E-state index contributed by atoms with van der Waals surface area (Å²) in [5.74, 6) is 0.178. The smallest absolute Gasteiger partial charge is 0.212 e. The van der Waals surface area contributed by atoms with Crippen molar-refractivity contribution in [2.45, 2.75) is 52.5 Å². The fourth-order valence-electron chi connectivity index (χ4n) is 2.67. The Labute approximate surface area is 128 Å². The summed E-state index contributed by atoms with van der Waals surface area (Å²) in [5, 5.41) is 0. The van der Waals surface area contributed by atoms with E-state index in [-0.39, 0.29) is 17.2 Å². The molecule has 1 unspecified atom stereocenters. The number of aryl methyl sites for hydroxylation is 1. The number of nitrogen functional groups attached to an aromatic ring is 1. The van der Waals surface area contributed by atoms with Crippen LogP contribution < -0.4 is 10.5 Å². The van der Waals surface area contributed by atoms with E-state index in [4.69, 9.17) is 5.73 Å². The highest BCUT2D eigenvalue weighted by Gasteiger charge is 2.25. The van der Waals surface area contributed by atoms with Gasteiger partial charge in [-0.2, -0.15) is 0 Å². The predicted octanol–water partition coefficient (Wildman–Crippen LogP) is 3.00. The van der Waals surface area contributed by atoms with Crippen molar-refractivity contribution in [3.8, 4) is 0 Å². The minimum absolute atomic E-state index is 0.0215. The first-order valence-electron chi connectivity index (χ1n) is 7.55. The molecule has 1 aromatic carbocycles. The summed E-state index contributed by atoms with van der Waals surface area (Å²) < 4.78 is 27.4. The summed E-state index contributed by atoms with van der Waals surface area (Å²) in [4.78, 5) is 0. The number of rotatable bonds is 4. The fourth-order valence-corrected chi connectivity index (χ4v) is 4.35. The van der Waals surface area contributed by atoms with Crippen LogP contribution in [0.15, 0.2) is 18.2 Å². The Morgan fingerprint density at radius 1 is 1.33 bits per heavy atom. The molecule has 0 aromatic heterocycles. The number of fused-ring (bicyclic) bond motifs is 1. The van der Waals surface area contributed by atoms with Crippen LogP contribution in [0, 0.1) is 5.41 Å². The first-order valence-corrected chi connectivity index (χ1v) is 9.20. The molecule has 0 radical (unpaired) electrons. The molecule has 0 saturated carbocycles. The highest BCUT2D eigenvalue weighted by atomic mass is 32.2. The van der Waals surface area contributed by atoms with Crippen molar-refractivity contribution in [2.75, 3.05) is 11.5 Å². The topological polar surface area (TPSA) is 72.2 Å². The van der Waals surface area contributed by atoms with E-state index < -0.39 is 10.0 Å². The van der Waals surface area contributed by atoms with Crippen LogP contribution in [0.1, 0.15) is 57.2 Å². The van der Waals surface area contributed by atoms with Gasteiger partial charge in [-0.3, -0.25) is 0 Å². The minimum atomic E-state index is -3.25. The first kappa shape index (κ1) is 16.3. The standard InChI is InChI=1S/C16H26N2O2S/c1-16(2,3)9-10-21(19,20)18-15-6-4-5-12-11-13(17)7-8-14(12)15/h7-8,11,15,18H,4-6,9-10,17H2,1-3H3. The van der Waals surface area contributed by atoms with E-state index in [1.54, 1.807) is 0 Å². The van der Waals surface area contributed by atoms with Crippen LogP contribution >= 0.6 is 0 Å². The molecule has 2 rings (SSSR count). The molecule has 0 spiro atoms. The molecule has 0 aliphatic heterocycles. The Hall–Kier alpha value is -1.07. The summed E-state index contributed by atoms with van der Waals surface area (Å²) in [5.41, 5.74) is 8.82. The van der Waals surface area contributed by atoms with Gasteiger partial charge in [0.15, 0.2) is 0 Å². The maximum Gasteiger partial charge on any atom is 0.212 e. The van der Waals surface area contributed by atoms with Gasteiger partial charge < -0.3 is 5.73 Å². The molecule has 1 aliphatic carbocycles. The third-order valence-corrected chi connectivity index (χ3v) is 5.31. The highest BCUT2D eigenvalue weighted by molar-refractivity contribution is 7.89. The Balaban J connectivity index is 2.11. The van der Waals surface area contributed by atoms with E-state index in [9.17, 15) is 8.42 Å². The zero-order chi connectivity index (χ0) is 15.7. The molecule has 0 bridgehead atoms. The van der Waals surface area contributed by atoms with Crippen molar-refractivity contribution in [3.63, 3.8) is 0 Å².